The fourth-order valence-electron chi connectivity index (χ4n) is 2.19. The number of amides is 2. The average molecular weight is 217 g/mol. The summed E-state index contributed by atoms with van der Waals surface area (Å²) in [6, 6.07) is 0.148. The molecule has 0 aromatic rings. The first-order valence-corrected chi connectivity index (χ1v) is 4.84. The Morgan fingerprint density at radius 3 is 2.14 bits per heavy atom. The first kappa shape index (κ1) is 11.4. The maximum Gasteiger partial charge on any atom is 0.320 e. The molecule has 1 aliphatic carbocycles. The Morgan fingerprint density at radius 2 is 1.71 bits per heavy atom. The van der Waals surface area contributed by atoms with E-state index in [4.69, 9.17) is 0 Å². The number of likely N-dealkylation sites (tertiary alicyclic amines) is 1. The topological polar surface area (TPSA) is 23.6 Å². The van der Waals surface area contributed by atoms with Crippen molar-refractivity contribution in [2.24, 2.45) is 0 Å². The van der Waals surface area contributed by atoms with Crippen LogP contribution in [0.4, 0.5) is 4.79 Å². The van der Waals surface area contributed by atoms with E-state index in [2.05, 4.69) is 0 Å². The predicted octanol–water partition coefficient (Wildman–Crippen LogP) is 1.89. The van der Waals surface area contributed by atoms with Gasteiger partial charge in [-0.25, -0.2) is 4.79 Å². The van der Waals surface area contributed by atoms with Gasteiger partial charge in [-0.3, -0.25) is 0 Å². The average Bonchev–Trinajstić information content (AvgIpc) is 2.59. The SMILES string of the molecule is CN(C)C(=O)N1CC2=C(CCC2)C1.Cl. The summed E-state index contributed by atoms with van der Waals surface area (Å²) in [5, 5.41) is 0. The molecular weight excluding hydrogens is 200 g/mol. The second-order valence-electron chi connectivity index (χ2n) is 4.09. The van der Waals surface area contributed by atoms with Crippen LogP contribution in [-0.4, -0.2) is 43.0 Å². The standard InChI is InChI=1S/C10H16N2O.ClH/c1-11(2)10(13)12-6-8-4-3-5-9(8)7-12;/h3-7H2,1-2H3;1H. The van der Waals surface area contributed by atoms with E-state index in [1.54, 1.807) is 4.90 Å². The normalized spacial score (nSPS) is 19.4. The van der Waals surface area contributed by atoms with E-state index in [-0.39, 0.29) is 18.4 Å². The molecule has 1 heterocycles. The molecule has 0 atom stereocenters. The van der Waals surface area contributed by atoms with Gasteiger partial charge in [-0.2, -0.15) is 0 Å². The lowest BCUT2D eigenvalue weighted by Gasteiger charge is -2.22. The molecule has 0 radical (unpaired) electrons. The van der Waals surface area contributed by atoms with Crippen molar-refractivity contribution in [3.8, 4) is 0 Å². The molecule has 0 saturated carbocycles. The van der Waals surface area contributed by atoms with Gasteiger partial charge in [0.2, 0.25) is 0 Å². The molecule has 2 rings (SSSR count). The van der Waals surface area contributed by atoms with Crippen molar-refractivity contribution in [2.75, 3.05) is 27.2 Å². The number of carbonyl (C=O) groups excluding carboxylic acids is 1. The molecule has 1 aliphatic heterocycles. The molecule has 0 saturated heterocycles. The van der Waals surface area contributed by atoms with Crippen LogP contribution in [0.2, 0.25) is 0 Å². The summed E-state index contributed by atoms with van der Waals surface area (Å²) in [7, 11) is 3.62. The number of halogens is 1. The molecule has 14 heavy (non-hydrogen) atoms. The fraction of sp³-hybridized carbons (Fsp3) is 0.700. The van der Waals surface area contributed by atoms with Crippen LogP contribution in [0.15, 0.2) is 11.1 Å². The van der Waals surface area contributed by atoms with Crippen LogP contribution < -0.4 is 0 Å². The van der Waals surface area contributed by atoms with Gasteiger partial charge in [0.15, 0.2) is 0 Å². The van der Waals surface area contributed by atoms with Crippen LogP contribution >= 0.6 is 12.4 Å². The van der Waals surface area contributed by atoms with Gasteiger partial charge in [0, 0.05) is 27.2 Å². The molecule has 0 aromatic heterocycles. The quantitative estimate of drug-likeness (QED) is 0.568. The minimum Gasteiger partial charge on any atom is -0.331 e. The highest BCUT2D eigenvalue weighted by Gasteiger charge is 2.28. The van der Waals surface area contributed by atoms with Crippen molar-refractivity contribution < 1.29 is 4.79 Å². The molecule has 0 unspecified atom stereocenters. The third-order valence-corrected chi connectivity index (χ3v) is 2.87. The number of carbonyl (C=O) groups is 1. The van der Waals surface area contributed by atoms with Crippen molar-refractivity contribution in [2.45, 2.75) is 19.3 Å². The number of nitrogens with zero attached hydrogens (tertiary/aromatic N) is 2. The zero-order valence-electron chi connectivity index (χ0n) is 8.75. The minimum atomic E-state index is 0. The summed E-state index contributed by atoms with van der Waals surface area (Å²) >= 11 is 0. The Balaban J connectivity index is 0.000000980. The summed E-state index contributed by atoms with van der Waals surface area (Å²) in [5.41, 5.74) is 3.05. The van der Waals surface area contributed by atoms with E-state index in [1.807, 2.05) is 19.0 Å². The molecule has 80 valence electrons. The summed E-state index contributed by atoms with van der Waals surface area (Å²) in [5.74, 6) is 0. The summed E-state index contributed by atoms with van der Waals surface area (Å²) in [6.07, 6.45) is 3.73. The number of urea groups is 1. The largest absolute Gasteiger partial charge is 0.331 e. The monoisotopic (exact) mass is 216 g/mol. The highest BCUT2D eigenvalue weighted by molar-refractivity contribution is 5.85. The van der Waals surface area contributed by atoms with E-state index in [0.29, 0.717) is 0 Å². The third-order valence-electron chi connectivity index (χ3n) is 2.87. The van der Waals surface area contributed by atoms with Crippen molar-refractivity contribution in [3.63, 3.8) is 0 Å². The molecule has 3 nitrogen and oxygen atoms in total. The molecule has 0 aromatic carbocycles. The Labute approximate surface area is 91.2 Å². The smallest absolute Gasteiger partial charge is 0.320 e. The highest BCUT2D eigenvalue weighted by Crippen LogP contribution is 2.32. The van der Waals surface area contributed by atoms with Gasteiger partial charge in [-0.15, -0.1) is 12.4 Å². The van der Waals surface area contributed by atoms with E-state index in [1.165, 1.54) is 30.4 Å². The lowest BCUT2D eigenvalue weighted by molar-refractivity contribution is 0.182. The molecule has 2 amide bonds. The van der Waals surface area contributed by atoms with Crippen LogP contribution in [0.3, 0.4) is 0 Å². The van der Waals surface area contributed by atoms with Crippen molar-refractivity contribution in [1.29, 1.82) is 0 Å². The van der Waals surface area contributed by atoms with Crippen molar-refractivity contribution in [3.05, 3.63) is 11.1 Å². The van der Waals surface area contributed by atoms with Gasteiger partial charge >= 0.3 is 6.03 Å². The Bertz CT molecular complexity index is 257. The van der Waals surface area contributed by atoms with Gasteiger partial charge in [-0.05, 0) is 30.4 Å². The summed E-state index contributed by atoms with van der Waals surface area (Å²) in [4.78, 5) is 15.2. The molecule has 0 fully saturated rings. The van der Waals surface area contributed by atoms with E-state index >= 15 is 0 Å². The van der Waals surface area contributed by atoms with E-state index in [9.17, 15) is 4.79 Å². The van der Waals surface area contributed by atoms with Gasteiger partial charge in [-0.1, -0.05) is 0 Å². The Morgan fingerprint density at radius 1 is 1.21 bits per heavy atom. The second kappa shape index (κ2) is 4.22. The zero-order chi connectivity index (χ0) is 9.42. The fourth-order valence-corrected chi connectivity index (χ4v) is 2.19. The maximum absolute atomic E-state index is 11.6. The van der Waals surface area contributed by atoms with Gasteiger partial charge < -0.3 is 9.80 Å². The van der Waals surface area contributed by atoms with Crippen molar-refractivity contribution in [1.82, 2.24) is 9.80 Å². The van der Waals surface area contributed by atoms with Crippen LogP contribution in [0.25, 0.3) is 0 Å². The van der Waals surface area contributed by atoms with Gasteiger partial charge in [0.1, 0.15) is 0 Å². The Kier molecular flexibility index (Phi) is 3.43. The molecule has 0 bridgehead atoms. The lowest BCUT2D eigenvalue weighted by atomic mass is 10.2. The van der Waals surface area contributed by atoms with Crippen LogP contribution in [0, 0.1) is 0 Å². The summed E-state index contributed by atoms with van der Waals surface area (Å²) < 4.78 is 0. The molecule has 0 N–H and O–H groups in total. The van der Waals surface area contributed by atoms with E-state index < -0.39 is 0 Å². The van der Waals surface area contributed by atoms with Crippen molar-refractivity contribution >= 4 is 18.4 Å². The second-order valence-corrected chi connectivity index (χ2v) is 4.09. The predicted molar refractivity (Wildman–Crippen MR) is 58.8 cm³/mol. The molecule has 0 spiro atoms. The molecular formula is C10H17ClN2O. The summed E-state index contributed by atoms with van der Waals surface area (Å²) in [6.45, 7) is 1.76. The third kappa shape index (κ3) is 1.87. The first-order chi connectivity index (χ1) is 6.18. The van der Waals surface area contributed by atoms with Crippen LogP contribution in [0.1, 0.15) is 19.3 Å². The minimum absolute atomic E-state index is 0. The number of hydrogen-bond acceptors (Lipinski definition) is 1. The molecule has 4 heteroatoms. The Hall–Kier alpha value is -0.700. The molecule has 2 aliphatic rings. The lowest BCUT2D eigenvalue weighted by Crippen LogP contribution is -2.38. The maximum atomic E-state index is 11.6. The number of hydrogen-bond donors (Lipinski definition) is 0. The van der Waals surface area contributed by atoms with Gasteiger partial charge in [0.05, 0.1) is 0 Å². The van der Waals surface area contributed by atoms with Crippen LogP contribution in [0.5, 0.6) is 0 Å². The highest BCUT2D eigenvalue weighted by atomic mass is 35.5. The van der Waals surface area contributed by atoms with Gasteiger partial charge in [0.25, 0.3) is 0 Å². The van der Waals surface area contributed by atoms with E-state index in [0.717, 1.165) is 13.1 Å². The first-order valence-electron chi connectivity index (χ1n) is 4.84. The zero-order valence-corrected chi connectivity index (χ0v) is 9.56. The number of rotatable bonds is 0. The van der Waals surface area contributed by atoms with Crippen LogP contribution in [-0.2, 0) is 0 Å².